The summed E-state index contributed by atoms with van der Waals surface area (Å²) in [5, 5.41) is 9.69. The van der Waals surface area contributed by atoms with Crippen molar-refractivity contribution in [2.45, 2.75) is 26.9 Å². The maximum Gasteiger partial charge on any atom is 0.0491 e. The van der Waals surface area contributed by atoms with E-state index in [1.807, 2.05) is 0 Å². The Morgan fingerprint density at radius 2 is 0.826 bits per heavy atom. The molecule has 2 aromatic heterocycles. The number of hydrogen-bond acceptors (Lipinski definition) is 0. The lowest BCUT2D eigenvalue weighted by Crippen LogP contribution is -1.96. The molecule has 0 aliphatic rings. The van der Waals surface area contributed by atoms with E-state index in [1.165, 1.54) is 54.0 Å². The monoisotopic (exact) mass is 590 g/mol. The quantitative estimate of drug-likeness (QED) is 0.193. The molecule has 46 heavy (non-hydrogen) atoms. The minimum Gasteiger partial charge on any atom is -0.341 e. The van der Waals surface area contributed by atoms with Crippen molar-refractivity contribution in [3.8, 4) is 0 Å². The minimum atomic E-state index is 0.957. The summed E-state index contributed by atoms with van der Waals surface area (Å²) in [6, 6.07) is 48.0. The zero-order valence-corrected chi connectivity index (χ0v) is 26.2. The molecule has 0 spiro atoms. The Labute approximate surface area is 268 Å². The van der Waals surface area contributed by atoms with Crippen LogP contribution < -0.4 is 10.4 Å². The molecule has 0 N–H and O–H groups in total. The van der Waals surface area contributed by atoms with Crippen LogP contribution in [-0.4, -0.2) is 9.13 Å². The van der Waals surface area contributed by atoms with Gasteiger partial charge in [0, 0.05) is 67.1 Å². The van der Waals surface area contributed by atoms with Crippen molar-refractivity contribution in [2.75, 3.05) is 0 Å². The van der Waals surface area contributed by atoms with Gasteiger partial charge in [-0.25, -0.2) is 0 Å². The van der Waals surface area contributed by atoms with Crippen LogP contribution in [0.25, 0.3) is 67.2 Å². The third-order valence-electron chi connectivity index (χ3n) is 9.14. The summed E-state index contributed by atoms with van der Waals surface area (Å²) in [6.07, 6.45) is 4.17. The van der Waals surface area contributed by atoms with E-state index >= 15 is 0 Å². The Morgan fingerprint density at radius 3 is 1.24 bits per heavy atom. The molecule has 2 nitrogen and oxygen atoms in total. The van der Waals surface area contributed by atoms with Gasteiger partial charge in [-0.15, -0.1) is 11.5 Å². The van der Waals surface area contributed by atoms with Crippen LogP contribution in [0.1, 0.15) is 25.0 Å². The normalized spacial score (nSPS) is 11.3. The highest BCUT2D eigenvalue weighted by Crippen LogP contribution is 2.31. The Morgan fingerprint density at radius 1 is 0.435 bits per heavy atom. The maximum absolute atomic E-state index is 3.49. The Bertz CT molecular complexity index is 2510. The Balaban J connectivity index is 1.09. The molecule has 0 aliphatic heterocycles. The van der Waals surface area contributed by atoms with Gasteiger partial charge in [0.1, 0.15) is 0 Å². The summed E-state index contributed by atoms with van der Waals surface area (Å²) in [5.74, 6) is 0. The van der Waals surface area contributed by atoms with Crippen LogP contribution >= 0.6 is 0 Å². The van der Waals surface area contributed by atoms with Gasteiger partial charge in [-0.2, -0.15) is 0 Å². The molecule has 2 heteroatoms. The fourth-order valence-electron chi connectivity index (χ4n) is 6.85. The second-order valence-electron chi connectivity index (χ2n) is 11.8. The molecule has 0 saturated heterocycles. The zero-order valence-electron chi connectivity index (χ0n) is 26.2. The summed E-state index contributed by atoms with van der Waals surface area (Å²) in [4.78, 5) is 0. The Kier molecular flexibility index (Phi) is 7.01. The summed E-state index contributed by atoms with van der Waals surface area (Å²) in [6.45, 7) is 6.32. The van der Waals surface area contributed by atoms with E-state index in [4.69, 9.17) is 0 Å². The third kappa shape index (κ3) is 4.87. The predicted octanol–water partition coefficient (Wildman–Crippen LogP) is 9.41. The highest BCUT2D eigenvalue weighted by molar-refractivity contribution is 6.09. The van der Waals surface area contributed by atoms with Crippen molar-refractivity contribution in [1.82, 2.24) is 9.13 Å². The van der Waals surface area contributed by atoms with Crippen molar-refractivity contribution < 1.29 is 0 Å². The average Bonchev–Trinajstić information content (AvgIpc) is 3.61. The molecule has 0 radical (unpaired) electrons. The second-order valence-corrected chi connectivity index (χ2v) is 11.8. The smallest absolute Gasteiger partial charge is 0.0491 e. The van der Waals surface area contributed by atoms with Crippen molar-refractivity contribution in [3.63, 3.8) is 0 Å². The van der Waals surface area contributed by atoms with Crippen LogP contribution in [0, 0.1) is 10.4 Å². The fraction of sp³-hybridized carbons (Fsp3) is 0.0909. The summed E-state index contributed by atoms with van der Waals surface area (Å²) < 4.78 is 4.77. The van der Waals surface area contributed by atoms with Crippen LogP contribution in [0.4, 0.5) is 0 Å². The van der Waals surface area contributed by atoms with Gasteiger partial charge in [-0.1, -0.05) is 72.8 Å². The van der Waals surface area contributed by atoms with Crippen LogP contribution in [-0.2, 0) is 13.1 Å². The molecule has 8 rings (SSSR count). The molecular weight excluding hydrogens is 556 g/mol. The van der Waals surface area contributed by atoms with E-state index in [0.29, 0.717) is 0 Å². The number of para-hydroxylation sites is 2. The topological polar surface area (TPSA) is 9.86 Å². The first-order chi connectivity index (χ1) is 22.7. The van der Waals surface area contributed by atoms with E-state index in [2.05, 4.69) is 180 Å². The van der Waals surface area contributed by atoms with E-state index in [-0.39, 0.29) is 0 Å². The van der Waals surface area contributed by atoms with Crippen LogP contribution in [0.2, 0.25) is 0 Å². The lowest BCUT2D eigenvalue weighted by atomic mass is 10.1. The molecule has 220 valence electrons. The molecule has 0 bridgehead atoms. The van der Waals surface area contributed by atoms with Crippen LogP contribution in [0.3, 0.4) is 0 Å². The van der Waals surface area contributed by atoms with E-state index in [1.54, 1.807) is 0 Å². The fourth-order valence-corrected chi connectivity index (χ4v) is 6.85. The second kappa shape index (κ2) is 11.6. The summed E-state index contributed by atoms with van der Waals surface area (Å²) in [5.41, 5.74) is 14.4. The number of benzene rings is 6. The van der Waals surface area contributed by atoms with Gasteiger partial charge >= 0.3 is 0 Å². The van der Waals surface area contributed by atoms with E-state index < -0.39 is 0 Å². The van der Waals surface area contributed by atoms with Crippen molar-refractivity contribution >= 4 is 67.2 Å². The lowest BCUT2D eigenvalue weighted by Gasteiger charge is -2.02. The van der Waals surface area contributed by atoms with Gasteiger partial charge in [0.25, 0.3) is 0 Å². The summed E-state index contributed by atoms with van der Waals surface area (Å²) in [7, 11) is 0. The molecule has 0 unspecified atom stereocenters. The van der Waals surface area contributed by atoms with Crippen LogP contribution in [0.5, 0.6) is 0 Å². The first-order valence-electron chi connectivity index (χ1n) is 16.1. The highest BCUT2D eigenvalue weighted by Gasteiger charge is 2.10. The van der Waals surface area contributed by atoms with Crippen molar-refractivity contribution in [2.24, 2.45) is 0 Å². The SMILES string of the molecule is CCn1c2ccccc2c2cc(C=C=c3ccc(=c4ccc(=C=Cc5ccc6c(c5)c5ccccc5n6CC)cc4)cc3)ccc21. The number of fused-ring (bicyclic) bond motifs is 6. The van der Waals surface area contributed by atoms with Gasteiger partial charge in [0.2, 0.25) is 0 Å². The molecule has 0 atom stereocenters. The lowest BCUT2D eigenvalue weighted by molar-refractivity contribution is 0.827. The number of aryl methyl sites for hydroxylation is 2. The summed E-state index contributed by atoms with van der Waals surface area (Å²) >= 11 is 0. The van der Waals surface area contributed by atoms with E-state index in [0.717, 1.165) is 34.7 Å². The first kappa shape index (κ1) is 27.7. The average molecular weight is 591 g/mol. The maximum atomic E-state index is 3.49. The highest BCUT2D eigenvalue weighted by atomic mass is 15.0. The molecule has 0 saturated carbocycles. The molecule has 0 aliphatic carbocycles. The molecular formula is C44H34N2. The van der Waals surface area contributed by atoms with Crippen molar-refractivity contribution in [1.29, 1.82) is 0 Å². The van der Waals surface area contributed by atoms with Gasteiger partial charge < -0.3 is 9.13 Å². The van der Waals surface area contributed by atoms with Gasteiger partial charge in [-0.3, -0.25) is 0 Å². The zero-order chi connectivity index (χ0) is 31.0. The minimum absolute atomic E-state index is 0.957. The number of rotatable bonds is 4. The van der Waals surface area contributed by atoms with E-state index in [9.17, 15) is 0 Å². The van der Waals surface area contributed by atoms with Gasteiger partial charge in [0.05, 0.1) is 0 Å². The number of aromatic nitrogens is 2. The van der Waals surface area contributed by atoms with Crippen LogP contribution in [0.15, 0.2) is 133 Å². The number of hydrogen-bond donors (Lipinski definition) is 0. The largest absolute Gasteiger partial charge is 0.341 e. The molecule has 0 fully saturated rings. The van der Waals surface area contributed by atoms with Crippen molar-refractivity contribution in [3.05, 3.63) is 165 Å². The molecule has 6 aromatic carbocycles. The molecule has 8 aromatic rings. The van der Waals surface area contributed by atoms with Gasteiger partial charge in [0.15, 0.2) is 0 Å². The molecule has 2 heterocycles. The van der Waals surface area contributed by atoms with Gasteiger partial charge in [-0.05, 0) is 108 Å². The Hall–Kier alpha value is -5.78. The third-order valence-corrected chi connectivity index (χ3v) is 9.14. The first-order valence-corrected chi connectivity index (χ1v) is 16.1. The predicted molar refractivity (Wildman–Crippen MR) is 196 cm³/mol. The standard InChI is InChI=1S/C44H34N2/c1-3-45-41-11-7-5-9-37(41)39-29-33(21-27-43(39)45)15-13-31-17-23-35(24-18-31)36-25-19-32(20-26-36)14-16-34-22-28-44-40(30-34)38-10-6-8-12-42(38)46(44)4-2/h5-12,15-30H,3-4H2,1-2H3. The number of nitrogens with zero attached hydrogens (tertiary/aromatic N) is 2. The molecule has 0 amide bonds.